The van der Waals surface area contributed by atoms with E-state index in [1.165, 1.54) is 12.1 Å². The van der Waals surface area contributed by atoms with Gasteiger partial charge in [0.05, 0.1) is 10.5 Å². The monoisotopic (exact) mass is 468 g/mol. The minimum Gasteiger partial charge on any atom is -0.508 e. The second kappa shape index (κ2) is 8.75. The molecule has 0 saturated heterocycles. The van der Waals surface area contributed by atoms with E-state index in [1.807, 2.05) is 18.2 Å². The van der Waals surface area contributed by atoms with Crippen molar-refractivity contribution in [2.24, 2.45) is 0 Å². The van der Waals surface area contributed by atoms with Crippen molar-refractivity contribution in [1.82, 2.24) is 14.8 Å². The second-order valence-electron chi connectivity index (χ2n) is 7.99. The Morgan fingerprint density at radius 1 is 1.09 bits per heavy atom. The van der Waals surface area contributed by atoms with Gasteiger partial charge in [-0.3, -0.25) is 14.9 Å². The Bertz CT molecular complexity index is 1460. The van der Waals surface area contributed by atoms with Crippen molar-refractivity contribution in [3.05, 3.63) is 106 Å². The summed E-state index contributed by atoms with van der Waals surface area (Å²) in [5.41, 5.74) is 2.83. The first kappa shape index (κ1) is 21.8. The maximum atomic E-state index is 13.4. The van der Waals surface area contributed by atoms with Crippen LogP contribution in [0, 0.1) is 10.1 Å². The molecule has 10 heteroatoms. The Hall–Kier alpha value is -4.99. The Morgan fingerprint density at radius 2 is 1.83 bits per heavy atom. The van der Waals surface area contributed by atoms with Crippen molar-refractivity contribution in [1.29, 1.82) is 0 Å². The van der Waals surface area contributed by atoms with Crippen molar-refractivity contribution < 1.29 is 14.8 Å². The zero-order chi connectivity index (χ0) is 24.5. The van der Waals surface area contributed by atoms with E-state index in [0.717, 1.165) is 0 Å². The first-order chi connectivity index (χ1) is 16.9. The molecule has 0 bridgehead atoms. The number of carbonyl (C=O) groups excluding carboxylic acids is 1. The zero-order valence-corrected chi connectivity index (χ0v) is 18.5. The molecule has 10 nitrogen and oxygen atoms in total. The fraction of sp³-hybridized carbons (Fsp3) is 0.0800. The molecule has 35 heavy (non-hydrogen) atoms. The zero-order valence-electron chi connectivity index (χ0n) is 18.5. The van der Waals surface area contributed by atoms with Crippen LogP contribution in [-0.2, 0) is 4.79 Å². The van der Waals surface area contributed by atoms with Gasteiger partial charge in [0.1, 0.15) is 11.8 Å². The SMILES string of the molecule is CC1=C(C(=O)Nc2ccccc2)C(c2cccc(O)c2)n2nc(-c3ccc([N+](=O)[O-])cc3)nc2N1. The van der Waals surface area contributed by atoms with Crippen LogP contribution in [0.5, 0.6) is 5.75 Å². The Balaban J connectivity index is 1.59. The summed E-state index contributed by atoms with van der Waals surface area (Å²) in [4.78, 5) is 28.5. The number of aromatic hydroxyl groups is 1. The van der Waals surface area contributed by atoms with Crippen LogP contribution >= 0.6 is 0 Å². The van der Waals surface area contributed by atoms with Gasteiger partial charge in [-0.2, -0.15) is 4.98 Å². The van der Waals surface area contributed by atoms with Crippen molar-refractivity contribution >= 4 is 23.2 Å². The van der Waals surface area contributed by atoms with E-state index in [9.17, 15) is 20.0 Å². The number of phenolic OH excluding ortho intramolecular Hbond substituents is 1. The topological polar surface area (TPSA) is 135 Å². The van der Waals surface area contributed by atoms with Crippen molar-refractivity contribution in [2.75, 3.05) is 10.6 Å². The van der Waals surface area contributed by atoms with Crippen LogP contribution in [0.2, 0.25) is 0 Å². The van der Waals surface area contributed by atoms with Gasteiger partial charge in [0.2, 0.25) is 5.95 Å². The number of rotatable bonds is 5. The molecule has 174 valence electrons. The van der Waals surface area contributed by atoms with Crippen LogP contribution in [0.15, 0.2) is 90.1 Å². The largest absolute Gasteiger partial charge is 0.508 e. The number of para-hydroxylation sites is 1. The van der Waals surface area contributed by atoms with Gasteiger partial charge in [0.15, 0.2) is 5.82 Å². The second-order valence-corrected chi connectivity index (χ2v) is 7.99. The predicted molar refractivity (Wildman–Crippen MR) is 130 cm³/mol. The van der Waals surface area contributed by atoms with E-state index in [4.69, 9.17) is 0 Å². The van der Waals surface area contributed by atoms with E-state index in [0.29, 0.717) is 39.9 Å². The molecule has 0 radical (unpaired) electrons. The number of phenols is 1. The molecule has 1 aliphatic heterocycles. The summed E-state index contributed by atoms with van der Waals surface area (Å²) < 4.78 is 1.58. The molecule has 1 aromatic heterocycles. The van der Waals surface area contributed by atoms with Crippen LogP contribution in [-0.4, -0.2) is 30.7 Å². The van der Waals surface area contributed by atoms with Crippen molar-refractivity contribution in [3.63, 3.8) is 0 Å². The molecule has 4 aromatic rings. The van der Waals surface area contributed by atoms with Crippen molar-refractivity contribution in [2.45, 2.75) is 13.0 Å². The van der Waals surface area contributed by atoms with Crippen LogP contribution in [0.3, 0.4) is 0 Å². The lowest BCUT2D eigenvalue weighted by Gasteiger charge is -2.28. The third-order valence-corrected chi connectivity index (χ3v) is 5.65. The molecule has 0 aliphatic carbocycles. The number of nitrogens with zero attached hydrogens (tertiary/aromatic N) is 4. The summed E-state index contributed by atoms with van der Waals surface area (Å²) in [6.45, 7) is 1.78. The van der Waals surface area contributed by atoms with Gasteiger partial charge in [-0.1, -0.05) is 30.3 Å². The molecule has 3 aromatic carbocycles. The molecule has 0 saturated carbocycles. The van der Waals surface area contributed by atoms with Gasteiger partial charge in [-0.05, 0) is 48.9 Å². The van der Waals surface area contributed by atoms with E-state index >= 15 is 0 Å². The normalized spacial score (nSPS) is 14.7. The molecule has 1 unspecified atom stereocenters. The first-order valence-corrected chi connectivity index (χ1v) is 10.7. The lowest BCUT2D eigenvalue weighted by atomic mass is 9.95. The van der Waals surface area contributed by atoms with Gasteiger partial charge in [-0.15, -0.1) is 5.10 Å². The molecule has 1 aliphatic rings. The van der Waals surface area contributed by atoms with Gasteiger partial charge >= 0.3 is 0 Å². The first-order valence-electron chi connectivity index (χ1n) is 10.7. The van der Waals surface area contributed by atoms with Crippen LogP contribution in [0.25, 0.3) is 11.4 Å². The van der Waals surface area contributed by atoms with Crippen molar-refractivity contribution in [3.8, 4) is 17.1 Å². The molecule has 3 N–H and O–H groups in total. The van der Waals surface area contributed by atoms with E-state index in [-0.39, 0.29) is 17.3 Å². The highest BCUT2D eigenvalue weighted by Gasteiger charge is 2.34. The quantitative estimate of drug-likeness (QED) is 0.290. The van der Waals surface area contributed by atoms with Crippen LogP contribution in [0.4, 0.5) is 17.3 Å². The van der Waals surface area contributed by atoms with Crippen LogP contribution < -0.4 is 10.6 Å². The summed E-state index contributed by atoms with van der Waals surface area (Å²) in [6.07, 6.45) is 0. The number of hydrogen-bond donors (Lipinski definition) is 3. The summed E-state index contributed by atoms with van der Waals surface area (Å²) in [5, 5.41) is 31.8. The Labute approximate surface area is 199 Å². The number of aromatic nitrogens is 3. The van der Waals surface area contributed by atoms with Crippen LogP contribution in [0.1, 0.15) is 18.5 Å². The highest BCUT2D eigenvalue weighted by Crippen LogP contribution is 2.37. The average molecular weight is 468 g/mol. The summed E-state index contributed by atoms with van der Waals surface area (Å²) in [6, 6.07) is 21.0. The fourth-order valence-electron chi connectivity index (χ4n) is 4.02. The molecule has 1 atom stereocenters. The third-order valence-electron chi connectivity index (χ3n) is 5.65. The number of amides is 1. The maximum Gasteiger partial charge on any atom is 0.269 e. The molecule has 0 spiro atoms. The minimum absolute atomic E-state index is 0.0362. The standard InChI is InChI=1S/C25H20N6O4/c1-15-21(24(33)27-18-7-3-2-4-8-18)22(17-6-5-9-20(32)14-17)30-25(26-15)28-23(29-30)16-10-12-19(13-11-16)31(34)35/h2-14,22,32H,1H3,(H,27,33)(H,26,28,29). The van der Waals surface area contributed by atoms with E-state index in [1.54, 1.807) is 60.1 Å². The molecular formula is C25H20N6O4. The minimum atomic E-state index is -0.679. The van der Waals surface area contributed by atoms with Gasteiger partial charge < -0.3 is 15.7 Å². The third kappa shape index (κ3) is 4.20. The summed E-state index contributed by atoms with van der Waals surface area (Å²) in [7, 11) is 0. The molecule has 0 fully saturated rings. The average Bonchev–Trinajstić information content (AvgIpc) is 3.27. The van der Waals surface area contributed by atoms with Gasteiger partial charge in [0.25, 0.3) is 11.6 Å². The molecular weight excluding hydrogens is 448 g/mol. The predicted octanol–water partition coefficient (Wildman–Crippen LogP) is 4.49. The molecule has 2 heterocycles. The number of hydrogen-bond acceptors (Lipinski definition) is 7. The number of carbonyl (C=O) groups is 1. The molecule has 1 amide bonds. The number of non-ortho nitro benzene ring substituents is 1. The number of fused-ring (bicyclic) bond motifs is 1. The van der Waals surface area contributed by atoms with E-state index < -0.39 is 11.0 Å². The Kier molecular flexibility index (Phi) is 5.46. The van der Waals surface area contributed by atoms with Gasteiger partial charge in [-0.25, -0.2) is 4.68 Å². The highest BCUT2D eigenvalue weighted by molar-refractivity contribution is 6.06. The number of nitro benzene ring substituents is 1. The number of allylic oxidation sites excluding steroid dienone is 1. The van der Waals surface area contributed by atoms with Gasteiger partial charge in [0, 0.05) is 29.1 Å². The summed E-state index contributed by atoms with van der Waals surface area (Å²) in [5.74, 6) is 0.469. The number of anilines is 2. The summed E-state index contributed by atoms with van der Waals surface area (Å²) >= 11 is 0. The smallest absolute Gasteiger partial charge is 0.269 e. The lowest BCUT2D eigenvalue weighted by Crippen LogP contribution is -2.31. The number of benzene rings is 3. The fourth-order valence-corrected chi connectivity index (χ4v) is 4.02. The maximum absolute atomic E-state index is 13.4. The van der Waals surface area contributed by atoms with E-state index in [2.05, 4.69) is 20.7 Å². The number of nitro groups is 1. The lowest BCUT2D eigenvalue weighted by molar-refractivity contribution is -0.384. The number of nitrogens with one attached hydrogen (secondary N) is 2. The Morgan fingerprint density at radius 3 is 2.51 bits per heavy atom. The molecule has 5 rings (SSSR count). The highest BCUT2D eigenvalue weighted by atomic mass is 16.6.